The highest BCUT2D eigenvalue weighted by atomic mass is 19.1. The molecule has 0 radical (unpaired) electrons. The fraction of sp³-hybridized carbons (Fsp3) is 0.200. The monoisotopic (exact) mass is 351 g/mol. The lowest BCUT2D eigenvalue weighted by Crippen LogP contribution is -2.36. The molecule has 0 bridgehead atoms. The fourth-order valence-electron chi connectivity index (χ4n) is 3.02. The van der Waals surface area contributed by atoms with E-state index in [1.165, 1.54) is 12.1 Å². The number of carbonyl (C=O) groups excluding carboxylic acids is 1. The average Bonchev–Trinajstić information content (AvgIpc) is 3.27. The zero-order valence-electron chi connectivity index (χ0n) is 14.1. The third-order valence-electron chi connectivity index (χ3n) is 4.33. The number of amides is 1. The van der Waals surface area contributed by atoms with Gasteiger partial charge in [0.1, 0.15) is 11.6 Å². The Morgan fingerprint density at radius 1 is 1.23 bits per heavy atom. The molecule has 1 atom stereocenters. The van der Waals surface area contributed by atoms with Gasteiger partial charge in [-0.15, -0.1) is 0 Å². The number of fused-ring (bicyclic) bond motifs is 1. The van der Waals surface area contributed by atoms with Crippen LogP contribution < -0.4 is 10.1 Å². The molecule has 0 aliphatic carbocycles. The van der Waals surface area contributed by atoms with Gasteiger partial charge in [0, 0.05) is 30.3 Å². The highest BCUT2D eigenvalue weighted by Crippen LogP contribution is 2.29. The summed E-state index contributed by atoms with van der Waals surface area (Å²) in [5.41, 5.74) is 2.80. The molecule has 132 valence electrons. The van der Waals surface area contributed by atoms with Crippen molar-refractivity contribution in [2.75, 3.05) is 0 Å². The number of ether oxygens (including phenoxy) is 1. The standard InChI is InChI=1S/C20H18FN3O2/c21-17-6-7-18-16(8-17)9-19(26-18)20(25)22-10-15-11-23-24(13-15)12-14-4-2-1-3-5-14/h1-8,11,13,19H,9-10,12H2,(H,22,25). The van der Waals surface area contributed by atoms with Crippen molar-refractivity contribution >= 4 is 5.91 Å². The Balaban J connectivity index is 1.31. The second kappa shape index (κ2) is 7.00. The molecule has 0 saturated heterocycles. The molecule has 1 unspecified atom stereocenters. The molecular weight excluding hydrogens is 333 g/mol. The summed E-state index contributed by atoms with van der Waals surface area (Å²) < 4.78 is 20.7. The van der Waals surface area contributed by atoms with Crippen LogP contribution in [0.25, 0.3) is 0 Å². The van der Waals surface area contributed by atoms with Gasteiger partial charge in [-0.2, -0.15) is 5.10 Å². The van der Waals surface area contributed by atoms with E-state index in [2.05, 4.69) is 10.4 Å². The molecule has 5 nitrogen and oxygen atoms in total. The van der Waals surface area contributed by atoms with Crippen LogP contribution in [0, 0.1) is 5.82 Å². The molecule has 2 aromatic carbocycles. The molecule has 0 saturated carbocycles. The molecule has 1 aliphatic rings. The number of halogens is 1. The summed E-state index contributed by atoms with van der Waals surface area (Å²) in [6.07, 6.45) is 3.41. The minimum Gasteiger partial charge on any atom is -0.480 e. The van der Waals surface area contributed by atoms with E-state index in [9.17, 15) is 9.18 Å². The van der Waals surface area contributed by atoms with Crippen LogP contribution in [0.3, 0.4) is 0 Å². The van der Waals surface area contributed by atoms with Gasteiger partial charge in [-0.1, -0.05) is 30.3 Å². The predicted molar refractivity (Wildman–Crippen MR) is 94.1 cm³/mol. The molecule has 1 amide bonds. The van der Waals surface area contributed by atoms with Crippen molar-refractivity contribution in [2.45, 2.75) is 25.6 Å². The van der Waals surface area contributed by atoms with Gasteiger partial charge in [-0.3, -0.25) is 9.48 Å². The maximum Gasteiger partial charge on any atom is 0.261 e. The SMILES string of the molecule is O=C(NCc1cnn(Cc2ccccc2)c1)C1Cc2cc(F)ccc2O1. The summed E-state index contributed by atoms with van der Waals surface area (Å²) in [5.74, 6) is 0.0406. The molecule has 4 rings (SSSR count). The third-order valence-corrected chi connectivity index (χ3v) is 4.33. The summed E-state index contributed by atoms with van der Waals surface area (Å²) in [6.45, 7) is 1.06. The largest absolute Gasteiger partial charge is 0.480 e. The molecular formula is C20H18FN3O2. The van der Waals surface area contributed by atoms with Gasteiger partial charge in [0.15, 0.2) is 6.10 Å². The Morgan fingerprint density at radius 2 is 2.08 bits per heavy atom. The van der Waals surface area contributed by atoms with E-state index >= 15 is 0 Å². The number of hydrogen-bond donors (Lipinski definition) is 1. The van der Waals surface area contributed by atoms with Crippen molar-refractivity contribution in [1.29, 1.82) is 0 Å². The van der Waals surface area contributed by atoms with Gasteiger partial charge >= 0.3 is 0 Å². The van der Waals surface area contributed by atoms with Gasteiger partial charge in [0.2, 0.25) is 0 Å². The van der Waals surface area contributed by atoms with Crippen molar-refractivity contribution in [3.63, 3.8) is 0 Å². The van der Waals surface area contributed by atoms with Crippen LogP contribution in [0.15, 0.2) is 60.9 Å². The molecule has 0 fully saturated rings. The second-order valence-electron chi connectivity index (χ2n) is 6.31. The summed E-state index contributed by atoms with van der Waals surface area (Å²) in [6, 6.07) is 14.4. The maximum absolute atomic E-state index is 13.3. The number of benzene rings is 2. The van der Waals surface area contributed by atoms with E-state index in [0.29, 0.717) is 25.3 Å². The zero-order valence-corrected chi connectivity index (χ0v) is 14.1. The van der Waals surface area contributed by atoms with Crippen LogP contribution in [-0.2, 0) is 24.3 Å². The van der Waals surface area contributed by atoms with Crippen LogP contribution >= 0.6 is 0 Å². The first-order valence-corrected chi connectivity index (χ1v) is 8.45. The van der Waals surface area contributed by atoms with Crippen molar-refractivity contribution in [3.05, 3.63) is 83.4 Å². The summed E-state index contributed by atoms with van der Waals surface area (Å²) in [4.78, 5) is 12.3. The van der Waals surface area contributed by atoms with E-state index in [1.807, 2.05) is 41.2 Å². The molecule has 1 aromatic heterocycles. The summed E-state index contributed by atoms with van der Waals surface area (Å²) in [5, 5.41) is 7.18. The Bertz CT molecular complexity index is 924. The molecule has 3 aromatic rings. The predicted octanol–water partition coefficient (Wildman–Crippen LogP) is 2.69. The van der Waals surface area contributed by atoms with Crippen LogP contribution in [0.4, 0.5) is 4.39 Å². The zero-order chi connectivity index (χ0) is 17.9. The van der Waals surface area contributed by atoms with Gasteiger partial charge < -0.3 is 10.1 Å². The number of nitrogens with zero attached hydrogens (tertiary/aromatic N) is 2. The first-order chi connectivity index (χ1) is 12.7. The lowest BCUT2D eigenvalue weighted by molar-refractivity contribution is -0.127. The first-order valence-electron chi connectivity index (χ1n) is 8.45. The molecule has 0 spiro atoms. The fourth-order valence-corrected chi connectivity index (χ4v) is 3.02. The number of nitrogens with one attached hydrogen (secondary N) is 1. The second-order valence-corrected chi connectivity index (χ2v) is 6.31. The molecule has 2 heterocycles. The van der Waals surface area contributed by atoms with Crippen LogP contribution in [0.1, 0.15) is 16.7 Å². The number of hydrogen-bond acceptors (Lipinski definition) is 3. The summed E-state index contributed by atoms with van der Waals surface area (Å²) in [7, 11) is 0. The van der Waals surface area contributed by atoms with Gasteiger partial charge in [0.05, 0.1) is 12.7 Å². The van der Waals surface area contributed by atoms with Gasteiger partial charge in [-0.05, 0) is 23.8 Å². The van der Waals surface area contributed by atoms with Crippen molar-refractivity contribution in [1.82, 2.24) is 15.1 Å². The van der Waals surface area contributed by atoms with Gasteiger partial charge in [-0.25, -0.2) is 4.39 Å². The Kier molecular flexibility index (Phi) is 4.39. The lowest BCUT2D eigenvalue weighted by Gasteiger charge is -2.10. The van der Waals surface area contributed by atoms with E-state index in [4.69, 9.17) is 4.74 Å². The quantitative estimate of drug-likeness (QED) is 0.769. The van der Waals surface area contributed by atoms with Crippen LogP contribution in [-0.4, -0.2) is 21.8 Å². The maximum atomic E-state index is 13.3. The molecule has 1 N–H and O–H groups in total. The average molecular weight is 351 g/mol. The van der Waals surface area contributed by atoms with E-state index in [0.717, 1.165) is 16.7 Å². The third kappa shape index (κ3) is 3.59. The van der Waals surface area contributed by atoms with Crippen LogP contribution in [0.5, 0.6) is 5.75 Å². The summed E-state index contributed by atoms with van der Waals surface area (Å²) >= 11 is 0. The lowest BCUT2D eigenvalue weighted by atomic mass is 10.1. The van der Waals surface area contributed by atoms with Gasteiger partial charge in [0.25, 0.3) is 5.91 Å². The van der Waals surface area contributed by atoms with E-state index < -0.39 is 6.10 Å². The molecule has 6 heteroatoms. The Hall–Kier alpha value is -3.15. The minimum atomic E-state index is -0.619. The smallest absolute Gasteiger partial charge is 0.261 e. The highest BCUT2D eigenvalue weighted by Gasteiger charge is 2.29. The number of rotatable bonds is 5. The first kappa shape index (κ1) is 16.3. The van der Waals surface area contributed by atoms with E-state index in [1.54, 1.807) is 12.3 Å². The number of carbonyl (C=O) groups is 1. The number of aromatic nitrogens is 2. The highest BCUT2D eigenvalue weighted by molar-refractivity contribution is 5.82. The molecule has 1 aliphatic heterocycles. The minimum absolute atomic E-state index is 0.211. The molecule has 26 heavy (non-hydrogen) atoms. The van der Waals surface area contributed by atoms with Crippen molar-refractivity contribution in [3.8, 4) is 5.75 Å². The Labute approximate surface area is 150 Å². The van der Waals surface area contributed by atoms with Crippen molar-refractivity contribution < 1.29 is 13.9 Å². The Morgan fingerprint density at radius 3 is 2.92 bits per heavy atom. The topological polar surface area (TPSA) is 56.2 Å². The normalized spacial score (nSPS) is 15.3. The van der Waals surface area contributed by atoms with E-state index in [-0.39, 0.29) is 11.7 Å². The van der Waals surface area contributed by atoms with Crippen molar-refractivity contribution in [2.24, 2.45) is 0 Å². The van der Waals surface area contributed by atoms with Crippen LogP contribution in [0.2, 0.25) is 0 Å².